The fourth-order valence-corrected chi connectivity index (χ4v) is 4.71. The summed E-state index contributed by atoms with van der Waals surface area (Å²) in [6.07, 6.45) is 0.617. The van der Waals surface area contributed by atoms with Gasteiger partial charge in [0.05, 0.1) is 7.11 Å². The van der Waals surface area contributed by atoms with E-state index in [1.165, 1.54) is 31.4 Å². The van der Waals surface area contributed by atoms with Crippen LogP contribution in [0.4, 0.5) is 5.69 Å². The molecule has 7 nitrogen and oxygen atoms in total. The lowest BCUT2D eigenvalue weighted by Gasteiger charge is -2.27. The van der Waals surface area contributed by atoms with E-state index >= 15 is 0 Å². The van der Waals surface area contributed by atoms with Crippen LogP contribution in [-0.2, 0) is 27.8 Å². The van der Waals surface area contributed by atoms with Gasteiger partial charge in [0.2, 0.25) is 0 Å². The first-order valence-electron chi connectivity index (χ1n) is 9.59. The van der Waals surface area contributed by atoms with Gasteiger partial charge in [-0.2, -0.15) is 8.42 Å². The van der Waals surface area contributed by atoms with Crippen LogP contribution in [0.3, 0.4) is 0 Å². The van der Waals surface area contributed by atoms with Crippen molar-refractivity contribution in [2.45, 2.75) is 23.3 Å². The highest BCUT2D eigenvalue weighted by Gasteiger charge is 2.44. The summed E-state index contributed by atoms with van der Waals surface area (Å²) in [4.78, 5) is 12.2. The molecule has 31 heavy (non-hydrogen) atoms. The molecular formula is C23H21NO6S. The molecule has 3 aromatic rings. The Labute approximate surface area is 180 Å². The topological polar surface area (TPSA) is 102 Å². The fraction of sp³-hybridized carbons (Fsp3) is 0.174. The van der Waals surface area contributed by atoms with Crippen LogP contribution in [0.5, 0.6) is 11.5 Å². The minimum atomic E-state index is -4.09. The normalized spacial score (nSPS) is 14.5. The van der Waals surface area contributed by atoms with Gasteiger partial charge in [-0.1, -0.05) is 42.5 Å². The Morgan fingerprint density at radius 3 is 2.13 bits per heavy atom. The molecule has 0 saturated heterocycles. The van der Waals surface area contributed by atoms with Crippen molar-refractivity contribution >= 4 is 21.8 Å². The Hall–Kier alpha value is -3.52. The van der Waals surface area contributed by atoms with E-state index in [9.17, 15) is 18.3 Å². The summed E-state index contributed by atoms with van der Waals surface area (Å²) >= 11 is 0. The van der Waals surface area contributed by atoms with Crippen molar-refractivity contribution in [1.82, 2.24) is 0 Å². The van der Waals surface area contributed by atoms with E-state index in [0.29, 0.717) is 18.5 Å². The zero-order valence-corrected chi connectivity index (χ0v) is 17.6. The van der Waals surface area contributed by atoms with Crippen LogP contribution >= 0.6 is 0 Å². The highest BCUT2D eigenvalue weighted by Crippen LogP contribution is 2.37. The molecule has 0 amide bonds. The molecule has 160 valence electrons. The van der Waals surface area contributed by atoms with Crippen LogP contribution in [-0.4, -0.2) is 32.1 Å². The molecule has 3 aromatic carbocycles. The third-order valence-corrected chi connectivity index (χ3v) is 6.54. The number of methoxy groups -OCH3 is 1. The van der Waals surface area contributed by atoms with Gasteiger partial charge in [-0.25, -0.2) is 4.79 Å². The number of rotatable bonds is 7. The van der Waals surface area contributed by atoms with Gasteiger partial charge in [-0.05, 0) is 35.4 Å². The second-order valence-electron chi connectivity index (χ2n) is 7.35. The van der Waals surface area contributed by atoms with Gasteiger partial charge in [0.1, 0.15) is 10.4 Å². The van der Waals surface area contributed by atoms with Crippen LogP contribution in [0, 0.1) is 0 Å². The van der Waals surface area contributed by atoms with Crippen LogP contribution in [0.25, 0.3) is 0 Å². The van der Waals surface area contributed by atoms with E-state index in [-0.39, 0.29) is 16.4 Å². The number of aliphatic carboxylic acids is 1. The predicted molar refractivity (Wildman–Crippen MR) is 115 cm³/mol. The van der Waals surface area contributed by atoms with Gasteiger partial charge in [-0.15, -0.1) is 0 Å². The average Bonchev–Trinajstić information content (AvgIpc) is 3.14. The minimum absolute atomic E-state index is 0.00339. The zero-order chi connectivity index (χ0) is 22.1. The largest absolute Gasteiger partial charge is 0.493 e. The standard InChI is InChI=1S/C23H21NO6S/c1-29-20-12-11-18(13-21(20)30-31(27,28)19-9-3-2-4-10-19)24-23(22(25)26)14-16-7-5-6-8-17(16)15-23/h2-13,24H,14-15H2,1H3,(H,25,26). The summed E-state index contributed by atoms with van der Waals surface area (Å²) < 4.78 is 35.9. The van der Waals surface area contributed by atoms with Crippen molar-refractivity contribution in [3.05, 3.63) is 83.9 Å². The zero-order valence-electron chi connectivity index (χ0n) is 16.7. The molecule has 1 aliphatic carbocycles. The summed E-state index contributed by atoms with van der Waals surface area (Å²) in [6, 6.07) is 20.0. The number of fused-ring (bicyclic) bond motifs is 1. The maximum absolute atomic E-state index is 12.7. The van der Waals surface area contributed by atoms with Crippen LogP contribution in [0.15, 0.2) is 77.7 Å². The summed E-state index contributed by atoms with van der Waals surface area (Å²) in [5.41, 5.74) is 1.10. The van der Waals surface area contributed by atoms with Crippen molar-refractivity contribution in [1.29, 1.82) is 0 Å². The number of benzene rings is 3. The van der Waals surface area contributed by atoms with Crippen molar-refractivity contribution in [2.75, 3.05) is 12.4 Å². The molecule has 0 fully saturated rings. The molecule has 2 N–H and O–H groups in total. The third-order valence-electron chi connectivity index (χ3n) is 5.29. The Kier molecular flexibility index (Phi) is 5.32. The van der Waals surface area contributed by atoms with Crippen molar-refractivity contribution in [3.63, 3.8) is 0 Å². The molecule has 1 aliphatic rings. The van der Waals surface area contributed by atoms with Crippen molar-refractivity contribution in [3.8, 4) is 11.5 Å². The lowest BCUT2D eigenvalue weighted by molar-refractivity contribution is -0.142. The molecule has 0 saturated carbocycles. The maximum Gasteiger partial charge on any atom is 0.339 e. The van der Waals surface area contributed by atoms with E-state index in [1.54, 1.807) is 24.3 Å². The fourth-order valence-electron chi connectivity index (χ4n) is 3.76. The predicted octanol–water partition coefficient (Wildman–Crippen LogP) is 3.50. The van der Waals surface area contributed by atoms with Gasteiger partial charge < -0.3 is 19.3 Å². The first kappa shape index (κ1) is 20.7. The van der Waals surface area contributed by atoms with E-state index in [0.717, 1.165) is 11.1 Å². The summed E-state index contributed by atoms with van der Waals surface area (Å²) in [5, 5.41) is 13.1. The second kappa shape index (κ2) is 7.96. The first-order valence-corrected chi connectivity index (χ1v) is 11.0. The Balaban J connectivity index is 1.65. The van der Waals surface area contributed by atoms with Gasteiger partial charge in [0, 0.05) is 24.6 Å². The summed E-state index contributed by atoms with van der Waals surface area (Å²) in [7, 11) is -2.69. The number of ether oxygens (including phenoxy) is 1. The lowest BCUT2D eigenvalue weighted by Crippen LogP contribution is -2.47. The number of nitrogens with one attached hydrogen (secondary N) is 1. The Morgan fingerprint density at radius 1 is 0.935 bits per heavy atom. The van der Waals surface area contributed by atoms with Gasteiger partial charge >= 0.3 is 16.1 Å². The highest BCUT2D eigenvalue weighted by molar-refractivity contribution is 7.87. The maximum atomic E-state index is 12.7. The molecule has 0 aromatic heterocycles. The molecule has 0 bridgehead atoms. The molecule has 0 radical (unpaired) electrons. The van der Waals surface area contributed by atoms with Crippen LogP contribution < -0.4 is 14.2 Å². The van der Waals surface area contributed by atoms with E-state index < -0.39 is 21.6 Å². The summed E-state index contributed by atoms with van der Waals surface area (Å²) in [6.45, 7) is 0. The lowest BCUT2D eigenvalue weighted by atomic mass is 9.95. The molecule has 4 rings (SSSR count). The van der Waals surface area contributed by atoms with Gasteiger partial charge in [0.25, 0.3) is 0 Å². The number of carboxylic acid groups (broad SMARTS) is 1. The molecule has 0 heterocycles. The van der Waals surface area contributed by atoms with Gasteiger partial charge in [0.15, 0.2) is 11.5 Å². The second-order valence-corrected chi connectivity index (χ2v) is 8.90. The van der Waals surface area contributed by atoms with Crippen LogP contribution in [0.1, 0.15) is 11.1 Å². The quantitative estimate of drug-likeness (QED) is 0.543. The van der Waals surface area contributed by atoms with Crippen LogP contribution in [0.2, 0.25) is 0 Å². The number of anilines is 1. The molecule has 0 unspecified atom stereocenters. The van der Waals surface area contributed by atoms with E-state index in [1.807, 2.05) is 24.3 Å². The van der Waals surface area contributed by atoms with E-state index in [4.69, 9.17) is 8.92 Å². The third kappa shape index (κ3) is 4.06. The number of carboxylic acids is 1. The first-order chi connectivity index (χ1) is 14.8. The number of hydrogen-bond acceptors (Lipinski definition) is 6. The van der Waals surface area contributed by atoms with Crippen molar-refractivity contribution < 1.29 is 27.2 Å². The molecule has 8 heteroatoms. The molecule has 0 atom stereocenters. The smallest absolute Gasteiger partial charge is 0.339 e. The number of hydrogen-bond donors (Lipinski definition) is 2. The summed E-state index contributed by atoms with van der Waals surface area (Å²) in [5.74, 6) is -0.810. The molecular weight excluding hydrogens is 418 g/mol. The molecule has 0 aliphatic heterocycles. The minimum Gasteiger partial charge on any atom is -0.493 e. The Morgan fingerprint density at radius 2 is 1.55 bits per heavy atom. The van der Waals surface area contributed by atoms with E-state index in [2.05, 4.69) is 5.32 Å². The van der Waals surface area contributed by atoms with Crippen molar-refractivity contribution in [2.24, 2.45) is 0 Å². The highest BCUT2D eigenvalue weighted by atomic mass is 32.2. The SMILES string of the molecule is COc1ccc(NC2(C(=O)O)Cc3ccccc3C2)cc1OS(=O)(=O)c1ccccc1. The number of carbonyl (C=O) groups is 1. The molecule has 0 spiro atoms. The Bertz CT molecular complexity index is 1200. The van der Waals surface area contributed by atoms with Gasteiger partial charge in [-0.3, -0.25) is 0 Å². The monoisotopic (exact) mass is 439 g/mol. The average molecular weight is 439 g/mol.